The molecule has 6 aromatic carbocycles. The van der Waals surface area contributed by atoms with Crippen molar-refractivity contribution < 1.29 is 4.42 Å². The molecule has 0 bridgehead atoms. The first-order valence-electron chi connectivity index (χ1n) is 14.9. The number of rotatable bonds is 5. The first-order chi connectivity index (χ1) is 20.7. The van der Waals surface area contributed by atoms with E-state index in [-0.39, 0.29) is 0 Å². The molecule has 0 aliphatic heterocycles. The smallest absolute Gasteiger partial charge is 0.227 e. The Balaban J connectivity index is 1.23. The molecule has 0 spiro atoms. The van der Waals surface area contributed by atoms with E-state index in [0.29, 0.717) is 5.92 Å². The summed E-state index contributed by atoms with van der Waals surface area (Å²) in [6, 6.07) is 44.1. The third kappa shape index (κ3) is 3.98. The highest BCUT2D eigenvalue weighted by Crippen LogP contribution is 2.38. The molecule has 2 heterocycles. The molecule has 42 heavy (non-hydrogen) atoms. The van der Waals surface area contributed by atoms with Crippen molar-refractivity contribution in [3.05, 3.63) is 127 Å². The molecule has 0 amide bonds. The SMILES string of the molecule is CCCC(C)c1ccc2c(n1)oc1ccc(-c3cccc(-c4ccc5c6ccccc6c6ccccc6c5c4)c3)cc12. The van der Waals surface area contributed by atoms with Gasteiger partial charge in [-0.1, -0.05) is 105 Å². The lowest BCUT2D eigenvalue weighted by Gasteiger charge is -2.12. The van der Waals surface area contributed by atoms with Crippen molar-refractivity contribution in [2.75, 3.05) is 0 Å². The number of nitrogens with zero attached hydrogens (tertiary/aromatic N) is 1. The van der Waals surface area contributed by atoms with Gasteiger partial charge < -0.3 is 4.42 Å². The predicted molar refractivity (Wildman–Crippen MR) is 178 cm³/mol. The Labute approximate surface area is 245 Å². The molecule has 2 heteroatoms. The van der Waals surface area contributed by atoms with E-state index in [9.17, 15) is 0 Å². The number of pyridine rings is 1. The zero-order valence-corrected chi connectivity index (χ0v) is 23.9. The second-order valence-electron chi connectivity index (χ2n) is 11.5. The van der Waals surface area contributed by atoms with Crippen LogP contribution in [0, 0.1) is 0 Å². The Hall–Kier alpha value is -4.95. The van der Waals surface area contributed by atoms with Crippen LogP contribution in [0.15, 0.2) is 126 Å². The van der Waals surface area contributed by atoms with Crippen molar-refractivity contribution in [1.82, 2.24) is 4.98 Å². The molecule has 0 saturated carbocycles. The van der Waals surface area contributed by atoms with Gasteiger partial charge in [0.05, 0.1) is 0 Å². The minimum Gasteiger partial charge on any atom is -0.438 e. The molecule has 2 aromatic heterocycles. The fourth-order valence-corrected chi connectivity index (χ4v) is 6.67. The Bertz CT molecular complexity index is 2260. The van der Waals surface area contributed by atoms with E-state index in [1.165, 1.54) is 54.6 Å². The molecule has 0 saturated heterocycles. The van der Waals surface area contributed by atoms with Gasteiger partial charge >= 0.3 is 0 Å². The first-order valence-corrected chi connectivity index (χ1v) is 14.9. The average Bonchev–Trinajstić information content (AvgIpc) is 3.42. The molecule has 8 rings (SSSR count). The predicted octanol–water partition coefficient (Wildman–Crippen LogP) is 11.7. The summed E-state index contributed by atoms with van der Waals surface area (Å²) in [5.41, 5.74) is 7.50. The summed E-state index contributed by atoms with van der Waals surface area (Å²) < 4.78 is 6.20. The number of furan rings is 1. The maximum absolute atomic E-state index is 6.20. The van der Waals surface area contributed by atoms with Gasteiger partial charge in [-0.15, -0.1) is 0 Å². The number of benzene rings is 6. The summed E-state index contributed by atoms with van der Waals surface area (Å²) >= 11 is 0. The molecular formula is C40H31NO. The van der Waals surface area contributed by atoms with E-state index in [1.54, 1.807) is 0 Å². The number of fused-ring (bicyclic) bond motifs is 9. The van der Waals surface area contributed by atoms with E-state index in [1.807, 2.05) is 0 Å². The largest absolute Gasteiger partial charge is 0.438 e. The van der Waals surface area contributed by atoms with Crippen LogP contribution in [0.25, 0.3) is 76.6 Å². The van der Waals surface area contributed by atoms with Crippen molar-refractivity contribution in [2.24, 2.45) is 0 Å². The monoisotopic (exact) mass is 541 g/mol. The van der Waals surface area contributed by atoms with Gasteiger partial charge in [0.15, 0.2) is 0 Å². The molecule has 8 aromatic rings. The highest BCUT2D eigenvalue weighted by Gasteiger charge is 2.14. The van der Waals surface area contributed by atoms with E-state index in [4.69, 9.17) is 9.40 Å². The zero-order valence-electron chi connectivity index (χ0n) is 23.9. The first kappa shape index (κ1) is 24.8. The molecule has 2 nitrogen and oxygen atoms in total. The van der Waals surface area contributed by atoms with E-state index < -0.39 is 0 Å². The summed E-state index contributed by atoms with van der Waals surface area (Å²) in [5, 5.41) is 9.97. The van der Waals surface area contributed by atoms with E-state index in [2.05, 4.69) is 135 Å². The molecule has 1 atom stereocenters. The van der Waals surface area contributed by atoms with Crippen LogP contribution in [0.4, 0.5) is 0 Å². The Kier molecular flexibility index (Phi) is 5.82. The summed E-state index contributed by atoms with van der Waals surface area (Å²) in [4.78, 5) is 4.89. The molecule has 0 aliphatic carbocycles. The molecule has 0 radical (unpaired) electrons. The standard InChI is InChI=1S/C40H31NO/c1-3-9-25(2)38-20-19-35-37-24-29(17-21-39(37)42-40(35)41-38)27-11-8-10-26(22-27)28-16-18-34-32-14-5-4-12-30(32)31-13-6-7-15-33(31)36(34)23-28/h4-8,10-25H,3,9H2,1-2H3. The summed E-state index contributed by atoms with van der Waals surface area (Å²) in [6.45, 7) is 4.46. The lowest BCUT2D eigenvalue weighted by atomic mass is 9.91. The van der Waals surface area contributed by atoms with Crippen LogP contribution in [-0.4, -0.2) is 4.98 Å². The molecular weight excluding hydrogens is 510 g/mol. The lowest BCUT2D eigenvalue weighted by molar-refractivity contribution is 0.624. The van der Waals surface area contributed by atoms with Crippen molar-refractivity contribution in [2.45, 2.75) is 32.6 Å². The van der Waals surface area contributed by atoms with Gasteiger partial charge in [-0.25, -0.2) is 4.98 Å². The minimum atomic E-state index is 0.428. The van der Waals surface area contributed by atoms with Crippen LogP contribution in [-0.2, 0) is 0 Å². The van der Waals surface area contributed by atoms with Gasteiger partial charge in [-0.2, -0.15) is 0 Å². The maximum atomic E-state index is 6.20. The van der Waals surface area contributed by atoms with Crippen LogP contribution in [0.1, 0.15) is 38.3 Å². The number of hydrogen-bond donors (Lipinski definition) is 0. The average molecular weight is 542 g/mol. The van der Waals surface area contributed by atoms with Crippen LogP contribution in [0.3, 0.4) is 0 Å². The van der Waals surface area contributed by atoms with Gasteiger partial charge in [-0.05, 0) is 103 Å². The Morgan fingerprint density at radius 2 is 1.07 bits per heavy atom. The van der Waals surface area contributed by atoms with Crippen LogP contribution in [0.5, 0.6) is 0 Å². The summed E-state index contributed by atoms with van der Waals surface area (Å²) in [7, 11) is 0. The quantitative estimate of drug-likeness (QED) is 0.203. The summed E-state index contributed by atoms with van der Waals surface area (Å²) in [6.07, 6.45) is 2.28. The minimum absolute atomic E-state index is 0.428. The van der Waals surface area contributed by atoms with Crippen molar-refractivity contribution >= 4 is 54.4 Å². The topological polar surface area (TPSA) is 26.0 Å². The molecule has 202 valence electrons. The van der Waals surface area contributed by atoms with Crippen LogP contribution in [0.2, 0.25) is 0 Å². The van der Waals surface area contributed by atoms with Gasteiger partial charge in [-0.3, -0.25) is 0 Å². The Morgan fingerprint density at radius 1 is 0.524 bits per heavy atom. The van der Waals surface area contributed by atoms with Gasteiger partial charge in [0.25, 0.3) is 0 Å². The summed E-state index contributed by atoms with van der Waals surface area (Å²) in [5.74, 6) is 0.428. The third-order valence-corrected chi connectivity index (χ3v) is 8.86. The van der Waals surface area contributed by atoms with Gasteiger partial charge in [0.1, 0.15) is 5.58 Å². The van der Waals surface area contributed by atoms with Crippen LogP contribution >= 0.6 is 0 Å². The normalized spacial score (nSPS) is 12.6. The fraction of sp³-hybridized carbons (Fsp3) is 0.125. The number of aromatic nitrogens is 1. The van der Waals surface area contributed by atoms with E-state index in [0.717, 1.165) is 40.6 Å². The van der Waals surface area contributed by atoms with Crippen molar-refractivity contribution in [3.8, 4) is 22.3 Å². The lowest BCUT2D eigenvalue weighted by Crippen LogP contribution is -1.95. The highest BCUT2D eigenvalue weighted by molar-refractivity contribution is 6.25. The van der Waals surface area contributed by atoms with Gasteiger partial charge in [0.2, 0.25) is 5.71 Å². The van der Waals surface area contributed by atoms with Gasteiger partial charge in [0, 0.05) is 16.5 Å². The van der Waals surface area contributed by atoms with Crippen molar-refractivity contribution in [1.29, 1.82) is 0 Å². The Morgan fingerprint density at radius 3 is 1.74 bits per heavy atom. The molecule has 1 unspecified atom stereocenters. The van der Waals surface area contributed by atoms with E-state index >= 15 is 0 Å². The second kappa shape index (κ2) is 9.85. The fourth-order valence-electron chi connectivity index (χ4n) is 6.67. The zero-order chi connectivity index (χ0) is 28.2. The highest BCUT2D eigenvalue weighted by atomic mass is 16.3. The number of hydrogen-bond acceptors (Lipinski definition) is 2. The maximum Gasteiger partial charge on any atom is 0.227 e. The third-order valence-electron chi connectivity index (χ3n) is 8.86. The molecule has 0 aliphatic rings. The second-order valence-corrected chi connectivity index (χ2v) is 11.5. The molecule has 0 fully saturated rings. The van der Waals surface area contributed by atoms with Crippen LogP contribution < -0.4 is 0 Å². The molecule has 0 N–H and O–H groups in total. The van der Waals surface area contributed by atoms with Crippen molar-refractivity contribution in [3.63, 3.8) is 0 Å².